The second kappa shape index (κ2) is 8.76. The fourth-order valence-corrected chi connectivity index (χ4v) is 4.41. The Kier molecular flexibility index (Phi) is 5.33. The Morgan fingerprint density at radius 2 is 2.24 bits per heavy atom. The Balaban J connectivity index is 1.47. The summed E-state index contributed by atoms with van der Waals surface area (Å²) in [5, 5.41) is 15.8. The summed E-state index contributed by atoms with van der Waals surface area (Å²) in [6.45, 7) is 0.861. The number of rotatable bonds is 6. The Hall–Kier alpha value is -3.56. The lowest BCUT2D eigenvalue weighted by Crippen LogP contribution is -2.26. The van der Waals surface area contributed by atoms with E-state index in [4.69, 9.17) is 6.11 Å². The number of ether oxygens (including phenoxy) is 1. The van der Waals surface area contributed by atoms with Crippen molar-refractivity contribution in [1.29, 1.82) is 0 Å². The van der Waals surface area contributed by atoms with Crippen molar-refractivity contribution in [1.82, 2.24) is 15.3 Å². The van der Waals surface area contributed by atoms with Gasteiger partial charge in [-0.1, -0.05) is 12.1 Å². The number of nitrogens with one attached hydrogen (secondary N) is 2. The van der Waals surface area contributed by atoms with Gasteiger partial charge in [0.1, 0.15) is 23.2 Å². The number of carbonyl (C=O) groups is 1. The van der Waals surface area contributed by atoms with Crippen molar-refractivity contribution in [2.24, 2.45) is 0 Å². The van der Waals surface area contributed by atoms with Gasteiger partial charge in [-0.05, 0) is 36.8 Å². The second-order valence-electron chi connectivity index (χ2n) is 8.07. The average Bonchev–Trinajstić information content (AvgIpc) is 3.42. The van der Waals surface area contributed by atoms with Crippen LogP contribution in [0.25, 0.3) is 11.3 Å². The molecule has 1 fully saturated rings. The highest BCUT2D eigenvalue weighted by Crippen LogP contribution is 2.38. The quantitative estimate of drug-likeness (QED) is 0.531. The topological polar surface area (TPSA) is 99.6 Å². The van der Waals surface area contributed by atoms with E-state index < -0.39 is 5.82 Å². The first-order valence-corrected chi connectivity index (χ1v) is 10.7. The number of hydrogen-bond acceptors (Lipinski definition) is 7. The van der Waals surface area contributed by atoms with Crippen molar-refractivity contribution in [3.8, 4) is 17.0 Å². The molecule has 0 bridgehead atoms. The number of anilines is 2. The zero-order valence-corrected chi connectivity index (χ0v) is 18.0. The van der Waals surface area contributed by atoms with Crippen LogP contribution >= 0.6 is 0 Å². The molecule has 3 aromatic rings. The van der Waals surface area contributed by atoms with Crippen LogP contribution in [0.3, 0.4) is 0 Å². The molecule has 9 heteroatoms. The number of aromatic nitrogens is 2. The maximum absolute atomic E-state index is 14.8. The normalized spacial score (nSPS) is 20.0. The van der Waals surface area contributed by atoms with E-state index in [0.717, 1.165) is 6.42 Å². The van der Waals surface area contributed by atoms with Crippen molar-refractivity contribution < 1.29 is 20.4 Å². The molecule has 0 radical (unpaired) electrons. The highest BCUT2D eigenvalue weighted by molar-refractivity contribution is 6.10. The summed E-state index contributed by atoms with van der Waals surface area (Å²) in [7, 11) is 1.46. The van der Waals surface area contributed by atoms with Crippen LogP contribution < -0.4 is 20.3 Å². The van der Waals surface area contributed by atoms with Gasteiger partial charge in [0.2, 0.25) is 0 Å². The third-order valence-corrected chi connectivity index (χ3v) is 6.02. The van der Waals surface area contributed by atoms with Crippen LogP contribution in [0.15, 0.2) is 48.6 Å². The minimum Gasteiger partial charge on any atom is -0.496 e. The fraction of sp³-hybridized carbons (Fsp3) is 0.292. The number of aliphatic hydroxyl groups is 1. The van der Waals surface area contributed by atoms with Crippen LogP contribution in [0.1, 0.15) is 23.7 Å². The van der Waals surface area contributed by atoms with Crippen LogP contribution in [0.5, 0.6) is 5.75 Å². The minimum atomic E-state index is -0.490. The Morgan fingerprint density at radius 1 is 1.36 bits per heavy atom. The molecule has 0 aliphatic carbocycles. The first-order valence-electron chi connectivity index (χ1n) is 11.2. The lowest BCUT2D eigenvalue weighted by atomic mass is 10.0. The molecule has 2 aromatic heterocycles. The van der Waals surface area contributed by atoms with E-state index in [2.05, 4.69) is 20.6 Å². The van der Waals surface area contributed by atoms with Crippen molar-refractivity contribution in [3.05, 3.63) is 65.6 Å². The molecular weight excluding hydrogens is 425 g/mol. The number of hydrogen-bond donors (Lipinski definition) is 3. The number of pyridine rings is 2. The standard InChI is InChI=1S/C24H24FN5O3/c1-33-19-5-2-4-18(25)22(19)23-17-12-30(24(32)16(17)8-9-26-23)21-7-3-6-20(29-21)28-14-10-15(13-31)27-11-14/h2-9,14-15,27,31H,10-13H2,1H3,(H,28,29)/t14-,15-/m1/s1/i3D. The van der Waals surface area contributed by atoms with Crippen molar-refractivity contribution >= 4 is 17.5 Å². The molecule has 2 aliphatic heterocycles. The molecule has 33 heavy (non-hydrogen) atoms. The van der Waals surface area contributed by atoms with E-state index in [1.807, 2.05) is 0 Å². The molecule has 2 atom stereocenters. The van der Waals surface area contributed by atoms with Crippen LogP contribution in [0, 0.1) is 5.82 Å². The van der Waals surface area contributed by atoms with Crippen LogP contribution in [-0.2, 0) is 6.54 Å². The van der Waals surface area contributed by atoms with E-state index >= 15 is 0 Å². The number of amides is 1. The molecule has 2 aliphatic rings. The lowest BCUT2D eigenvalue weighted by molar-refractivity contribution is 0.0996. The molecule has 0 saturated carbocycles. The van der Waals surface area contributed by atoms with Gasteiger partial charge in [0.15, 0.2) is 0 Å². The maximum Gasteiger partial charge on any atom is 0.260 e. The average molecular weight is 450 g/mol. The molecule has 8 nitrogen and oxygen atoms in total. The summed E-state index contributed by atoms with van der Waals surface area (Å²) < 4.78 is 28.3. The SMILES string of the molecule is [2H]c1cc(N[C@H]2CN[C@@H](CO)C2)nc(N2Cc3c(ccnc3-c3c(F)cccc3OC)C2=O)c1. The second-order valence-corrected chi connectivity index (χ2v) is 8.07. The molecule has 1 amide bonds. The van der Waals surface area contributed by atoms with E-state index in [0.29, 0.717) is 40.8 Å². The number of benzene rings is 1. The predicted molar refractivity (Wildman–Crippen MR) is 122 cm³/mol. The summed E-state index contributed by atoms with van der Waals surface area (Å²) in [6.07, 6.45) is 2.21. The minimum absolute atomic E-state index is 0.0205. The largest absolute Gasteiger partial charge is 0.496 e. The van der Waals surface area contributed by atoms with E-state index in [9.17, 15) is 14.3 Å². The van der Waals surface area contributed by atoms with Crippen molar-refractivity contribution in [3.63, 3.8) is 0 Å². The maximum atomic E-state index is 14.8. The van der Waals surface area contributed by atoms with Crippen LogP contribution in [0.2, 0.25) is 0 Å². The van der Waals surface area contributed by atoms with Gasteiger partial charge in [-0.15, -0.1) is 0 Å². The molecule has 5 rings (SSSR count). The van der Waals surface area contributed by atoms with Crippen LogP contribution in [0.4, 0.5) is 16.0 Å². The van der Waals surface area contributed by atoms with Gasteiger partial charge in [0.05, 0.1) is 32.9 Å². The third kappa shape index (κ3) is 3.90. The molecule has 1 saturated heterocycles. The first kappa shape index (κ1) is 20.1. The van der Waals surface area contributed by atoms with Gasteiger partial charge in [0, 0.05) is 36.0 Å². The Morgan fingerprint density at radius 3 is 3.03 bits per heavy atom. The summed E-state index contributed by atoms with van der Waals surface area (Å²) in [5.74, 6) is 0.352. The number of halogens is 1. The Labute approximate surface area is 191 Å². The predicted octanol–water partition coefficient (Wildman–Crippen LogP) is 2.59. The van der Waals surface area contributed by atoms with Gasteiger partial charge in [-0.3, -0.25) is 14.7 Å². The van der Waals surface area contributed by atoms with E-state index in [1.54, 1.807) is 24.3 Å². The monoisotopic (exact) mass is 450 g/mol. The molecule has 0 unspecified atom stereocenters. The van der Waals surface area contributed by atoms with Gasteiger partial charge in [-0.25, -0.2) is 9.37 Å². The van der Waals surface area contributed by atoms with Crippen molar-refractivity contribution in [2.45, 2.75) is 25.0 Å². The number of nitrogens with zero attached hydrogens (tertiary/aromatic N) is 3. The zero-order valence-electron chi connectivity index (χ0n) is 19.0. The first-order chi connectivity index (χ1) is 16.5. The summed E-state index contributed by atoms with van der Waals surface area (Å²) in [4.78, 5) is 23.7. The number of carbonyl (C=O) groups excluding carboxylic acids is 1. The van der Waals surface area contributed by atoms with E-state index in [1.165, 1.54) is 30.3 Å². The summed E-state index contributed by atoms with van der Waals surface area (Å²) >= 11 is 0. The number of fused-ring (bicyclic) bond motifs is 1. The third-order valence-electron chi connectivity index (χ3n) is 6.02. The molecule has 4 heterocycles. The fourth-order valence-electron chi connectivity index (χ4n) is 4.41. The molecule has 170 valence electrons. The zero-order chi connectivity index (χ0) is 23.8. The van der Waals surface area contributed by atoms with E-state index in [-0.39, 0.29) is 42.7 Å². The van der Waals surface area contributed by atoms with Gasteiger partial charge < -0.3 is 20.5 Å². The highest BCUT2D eigenvalue weighted by Gasteiger charge is 2.33. The molecule has 0 spiro atoms. The molecule has 1 aromatic carbocycles. The van der Waals surface area contributed by atoms with Gasteiger partial charge in [-0.2, -0.15) is 0 Å². The Bertz CT molecular complexity index is 1260. The highest BCUT2D eigenvalue weighted by atomic mass is 19.1. The van der Waals surface area contributed by atoms with Gasteiger partial charge >= 0.3 is 0 Å². The smallest absolute Gasteiger partial charge is 0.260 e. The summed E-state index contributed by atoms with van der Waals surface area (Å²) in [6, 6.07) is 9.54. The molecule has 3 N–H and O–H groups in total. The molecular formula is C24H24FN5O3. The number of methoxy groups -OCH3 is 1. The van der Waals surface area contributed by atoms with Crippen LogP contribution in [-0.4, -0.2) is 53.3 Å². The summed E-state index contributed by atoms with van der Waals surface area (Å²) in [5.41, 5.74) is 1.53. The van der Waals surface area contributed by atoms with Gasteiger partial charge in [0.25, 0.3) is 5.91 Å². The lowest BCUT2D eigenvalue weighted by Gasteiger charge is -2.18. The van der Waals surface area contributed by atoms with Crippen molar-refractivity contribution in [2.75, 3.05) is 30.5 Å². The number of aliphatic hydroxyl groups excluding tert-OH is 1.